The lowest BCUT2D eigenvalue weighted by molar-refractivity contribution is 0.305. The molecule has 6 heteroatoms. The molecule has 0 aliphatic rings. The summed E-state index contributed by atoms with van der Waals surface area (Å²) in [6, 6.07) is 12.1. The first-order chi connectivity index (χ1) is 9.20. The van der Waals surface area contributed by atoms with Gasteiger partial charge in [-0.05, 0) is 35.0 Å². The maximum absolute atomic E-state index is 5.68. The standard InChI is InChI=1S/C13H10BrN3OS/c14-10-3-1-9-6-11(4-2-8(9)5-10)18-7-12-16-17-13(15)19-12/h1-6H,7H2,(H2,15,17). The lowest BCUT2D eigenvalue weighted by Crippen LogP contribution is -1.94. The fourth-order valence-corrected chi connectivity index (χ4v) is 2.66. The number of nitrogen functional groups attached to an aromatic ring is 1. The fourth-order valence-electron chi connectivity index (χ4n) is 1.75. The summed E-state index contributed by atoms with van der Waals surface area (Å²) in [4.78, 5) is 0. The third-order valence-electron chi connectivity index (χ3n) is 2.62. The van der Waals surface area contributed by atoms with Gasteiger partial charge in [0, 0.05) is 4.47 Å². The van der Waals surface area contributed by atoms with Gasteiger partial charge in [-0.3, -0.25) is 0 Å². The van der Waals surface area contributed by atoms with Gasteiger partial charge in [0.1, 0.15) is 12.4 Å². The van der Waals surface area contributed by atoms with E-state index in [1.54, 1.807) is 0 Å². The van der Waals surface area contributed by atoms with Gasteiger partial charge in [-0.1, -0.05) is 39.4 Å². The molecule has 19 heavy (non-hydrogen) atoms. The molecule has 0 saturated heterocycles. The van der Waals surface area contributed by atoms with Crippen LogP contribution in [-0.2, 0) is 6.61 Å². The quantitative estimate of drug-likeness (QED) is 0.794. The van der Waals surface area contributed by atoms with Crippen molar-refractivity contribution >= 4 is 43.2 Å². The van der Waals surface area contributed by atoms with Crippen LogP contribution in [0.5, 0.6) is 5.75 Å². The largest absolute Gasteiger partial charge is 0.486 e. The Kier molecular flexibility index (Phi) is 3.35. The number of fused-ring (bicyclic) bond motifs is 1. The number of aromatic nitrogens is 2. The van der Waals surface area contributed by atoms with Gasteiger partial charge in [-0.15, -0.1) is 10.2 Å². The van der Waals surface area contributed by atoms with Crippen molar-refractivity contribution in [1.29, 1.82) is 0 Å². The molecule has 3 rings (SSSR count). The molecule has 96 valence electrons. The van der Waals surface area contributed by atoms with E-state index in [0.717, 1.165) is 20.6 Å². The van der Waals surface area contributed by atoms with Crippen LogP contribution in [0.15, 0.2) is 40.9 Å². The minimum absolute atomic E-state index is 0.386. The van der Waals surface area contributed by atoms with E-state index < -0.39 is 0 Å². The minimum Gasteiger partial charge on any atom is -0.486 e. The van der Waals surface area contributed by atoms with Gasteiger partial charge in [0.15, 0.2) is 5.01 Å². The minimum atomic E-state index is 0.386. The number of halogens is 1. The van der Waals surface area contributed by atoms with Crippen LogP contribution in [0.2, 0.25) is 0 Å². The molecule has 0 aliphatic carbocycles. The second kappa shape index (κ2) is 5.14. The number of hydrogen-bond donors (Lipinski definition) is 1. The van der Waals surface area contributed by atoms with Crippen molar-refractivity contribution in [2.45, 2.75) is 6.61 Å². The van der Waals surface area contributed by atoms with E-state index in [0.29, 0.717) is 11.7 Å². The van der Waals surface area contributed by atoms with Crippen LogP contribution >= 0.6 is 27.3 Å². The monoisotopic (exact) mass is 335 g/mol. The summed E-state index contributed by atoms with van der Waals surface area (Å²) in [5, 5.41) is 11.2. The normalized spacial score (nSPS) is 10.8. The molecule has 0 unspecified atom stereocenters. The van der Waals surface area contributed by atoms with E-state index in [1.807, 2.05) is 24.3 Å². The van der Waals surface area contributed by atoms with Crippen LogP contribution in [0, 0.1) is 0 Å². The predicted octanol–water partition coefficient (Wildman–Crippen LogP) is 3.62. The molecule has 0 fully saturated rings. The lowest BCUT2D eigenvalue weighted by atomic mass is 10.1. The summed E-state index contributed by atoms with van der Waals surface area (Å²) >= 11 is 4.79. The summed E-state index contributed by atoms with van der Waals surface area (Å²) in [5.41, 5.74) is 5.52. The van der Waals surface area contributed by atoms with Crippen LogP contribution in [0.25, 0.3) is 10.8 Å². The number of nitrogens with two attached hydrogens (primary N) is 1. The van der Waals surface area contributed by atoms with Crippen molar-refractivity contribution in [3.05, 3.63) is 45.9 Å². The molecule has 0 saturated carbocycles. The van der Waals surface area contributed by atoms with Gasteiger partial charge < -0.3 is 10.5 Å². The van der Waals surface area contributed by atoms with E-state index in [-0.39, 0.29) is 0 Å². The predicted molar refractivity (Wildman–Crippen MR) is 80.3 cm³/mol. The SMILES string of the molecule is Nc1nnc(COc2ccc3cc(Br)ccc3c2)s1. The van der Waals surface area contributed by atoms with E-state index in [1.165, 1.54) is 16.7 Å². The van der Waals surface area contributed by atoms with Crippen LogP contribution in [-0.4, -0.2) is 10.2 Å². The number of hydrogen-bond acceptors (Lipinski definition) is 5. The molecule has 2 N–H and O–H groups in total. The van der Waals surface area contributed by atoms with Crippen molar-refractivity contribution in [1.82, 2.24) is 10.2 Å². The van der Waals surface area contributed by atoms with Crippen LogP contribution in [0.1, 0.15) is 5.01 Å². The third kappa shape index (κ3) is 2.85. The van der Waals surface area contributed by atoms with E-state index in [9.17, 15) is 0 Å². The number of nitrogens with zero attached hydrogens (tertiary/aromatic N) is 2. The Balaban J connectivity index is 1.79. The molecule has 3 aromatic rings. The Hall–Kier alpha value is -1.66. The van der Waals surface area contributed by atoms with Gasteiger partial charge in [-0.2, -0.15) is 0 Å². The summed E-state index contributed by atoms with van der Waals surface area (Å²) in [6.45, 7) is 0.386. The second-order valence-electron chi connectivity index (χ2n) is 3.98. The Labute approximate surface area is 122 Å². The third-order valence-corrected chi connectivity index (χ3v) is 3.84. The lowest BCUT2D eigenvalue weighted by Gasteiger charge is -2.05. The average Bonchev–Trinajstić information content (AvgIpc) is 2.82. The number of anilines is 1. The zero-order valence-corrected chi connectivity index (χ0v) is 12.2. The van der Waals surface area contributed by atoms with Gasteiger partial charge >= 0.3 is 0 Å². The zero-order chi connectivity index (χ0) is 13.2. The first kappa shape index (κ1) is 12.4. The number of benzene rings is 2. The number of rotatable bonds is 3. The maximum Gasteiger partial charge on any atom is 0.203 e. The molecule has 0 bridgehead atoms. The average molecular weight is 336 g/mol. The molecule has 2 aromatic carbocycles. The van der Waals surface area contributed by atoms with Crippen molar-refractivity contribution in [3.63, 3.8) is 0 Å². The molecule has 0 aliphatic heterocycles. The van der Waals surface area contributed by atoms with Crippen LogP contribution in [0.4, 0.5) is 5.13 Å². The maximum atomic E-state index is 5.68. The van der Waals surface area contributed by atoms with E-state index in [4.69, 9.17) is 10.5 Å². The second-order valence-corrected chi connectivity index (χ2v) is 5.99. The Bertz CT molecular complexity index is 729. The highest BCUT2D eigenvalue weighted by Gasteiger charge is 2.03. The summed E-state index contributed by atoms with van der Waals surface area (Å²) < 4.78 is 6.75. The smallest absolute Gasteiger partial charge is 0.203 e. The molecular formula is C13H10BrN3OS. The van der Waals surface area contributed by atoms with Crippen molar-refractivity contribution in [3.8, 4) is 5.75 Å². The molecule has 4 nitrogen and oxygen atoms in total. The summed E-state index contributed by atoms with van der Waals surface area (Å²) in [7, 11) is 0. The van der Waals surface area contributed by atoms with E-state index >= 15 is 0 Å². The van der Waals surface area contributed by atoms with Gasteiger partial charge in [0.05, 0.1) is 0 Å². The molecule has 1 heterocycles. The highest BCUT2D eigenvalue weighted by Crippen LogP contribution is 2.25. The summed E-state index contributed by atoms with van der Waals surface area (Å²) in [5.74, 6) is 0.809. The molecule has 0 atom stereocenters. The first-order valence-corrected chi connectivity index (χ1v) is 7.22. The Morgan fingerprint density at radius 2 is 1.89 bits per heavy atom. The topological polar surface area (TPSA) is 61.0 Å². The van der Waals surface area contributed by atoms with Crippen molar-refractivity contribution in [2.75, 3.05) is 5.73 Å². The molecule has 0 spiro atoms. The van der Waals surface area contributed by atoms with Crippen molar-refractivity contribution < 1.29 is 4.74 Å². The molecule has 0 amide bonds. The van der Waals surface area contributed by atoms with Gasteiger partial charge in [0.25, 0.3) is 0 Å². The first-order valence-electron chi connectivity index (χ1n) is 5.61. The molecule has 1 aromatic heterocycles. The van der Waals surface area contributed by atoms with Crippen molar-refractivity contribution in [2.24, 2.45) is 0 Å². The van der Waals surface area contributed by atoms with Gasteiger partial charge in [-0.25, -0.2) is 0 Å². The molecular weight excluding hydrogens is 326 g/mol. The Morgan fingerprint density at radius 3 is 2.68 bits per heavy atom. The van der Waals surface area contributed by atoms with Gasteiger partial charge in [0.2, 0.25) is 5.13 Å². The fraction of sp³-hybridized carbons (Fsp3) is 0.0769. The highest BCUT2D eigenvalue weighted by molar-refractivity contribution is 9.10. The number of ether oxygens (including phenoxy) is 1. The van der Waals surface area contributed by atoms with Crippen LogP contribution in [0.3, 0.4) is 0 Å². The van der Waals surface area contributed by atoms with E-state index in [2.05, 4.69) is 38.3 Å². The van der Waals surface area contributed by atoms with Crippen LogP contribution < -0.4 is 10.5 Å². The summed E-state index contributed by atoms with van der Waals surface area (Å²) in [6.07, 6.45) is 0. The zero-order valence-electron chi connectivity index (χ0n) is 9.84. The molecule has 0 radical (unpaired) electrons. The Morgan fingerprint density at radius 1 is 1.11 bits per heavy atom. The highest BCUT2D eigenvalue weighted by atomic mass is 79.9.